The lowest BCUT2D eigenvalue weighted by molar-refractivity contribution is 0.127. The molecule has 1 fully saturated rings. The van der Waals surface area contributed by atoms with Crippen LogP contribution in [-0.2, 0) is 14.8 Å². The van der Waals surface area contributed by atoms with E-state index in [1.807, 2.05) is 6.92 Å². The number of hydrogen-bond donors (Lipinski definition) is 1. The molecule has 0 aromatic rings. The molecule has 0 bridgehead atoms. The number of alkyl halides is 1. The van der Waals surface area contributed by atoms with Gasteiger partial charge in [-0.05, 0) is 25.2 Å². The first-order chi connectivity index (χ1) is 8.07. The number of hydrogen-bond acceptors (Lipinski definition) is 3. The number of halogens is 1. The van der Waals surface area contributed by atoms with Crippen molar-refractivity contribution in [2.24, 2.45) is 5.92 Å². The average Bonchev–Trinajstić information content (AvgIpc) is 2.76. The molecule has 1 aliphatic rings. The van der Waals surface area contributed by atoms with Gasteiger partial charge in [-0.15, -0.1) is 11.6 Å². The van der Waals surface area contributed by atoms with Crippen LogP contribution in [0.1, 0.15) is 32.6 Å². The zero-order valence-corrected chi connectivity index (χ0v) is 11.9. The van der Waals surface area contributed by atoms with Gasteiger partial charge in [0.05, 0.1) is 11.9 Å². The lowest BCUT2D eigenvalue weighted by Crippen LogP contribution is -2.35. The Morgan fingerprint density at radius 2 is 2.29 bits per heavy atom. The molecule has 1 N–H and O–H groups in total. The second-order valence-corrected chi connectivity index (χ2v) is 6.75. The highest BCUT2D eigenvalue weighted by Gasteiger charge is 2.23. The summed E-state index contributed by atoms with van der Waals surface area (Å²) < 4.78 is 31.6. The molecule has 0 amide bonds. The first-order valence-electron chi connectivity index (χ1n) is 6.22. The summed E-state index contributed by atoms with van der Waals surface area (Å²) in [5.41, 5.74) is 0. The van der Waals surface area contributed by atoms with Crippen LogP contribution in [0.4, 0.5) is 0 Å². The second kappa shape index (κ2) is 7.56. The van der Waals surface area contributed by atoms with Crippen LogP contribution in [0, 0.1) is 5.92 Å². The standard InChI is InChI=1S/C11H22ClNO3S/c1-2-10(5-6-12)8-13-17(14,15)9-11-4-3-7-16-11/h10-11,13H,2-9H2,1H3. The molecule has 0 aromatic carbocycles. The molecule has 6 heteroatoms. The number of rotatable bonds is 8. The third-order valence-electron chi connectivity index (χ3n) is 3.12. The Morgan fingerprint density at radius 1 is 1.53 bits per heavy atom. The fourth-order valence-corrected chi connectivity index (χ4v) is 3.60. The van der Waals surface area contributed by atoms with Gasteiger partial charge in [0.25, 0.3) is 0 Å². The van der Waals surface area contributed by atoms with Crippen molar-refractivity contribution in [2.45, 2.75) is 38.7 Å². The molecule has 4 nitrogen and oxygen atoms in total. The summed E-state index contributed by atoms with van der Waals surface area (Å²) in [6.45, 7) is 3.22. The maximum Gasteiger partial charge on any atom is 0.214 e. The summed E-state index contributed by atoms with van der Waals surface area (Å²) in [6.07, 6.45) is 3.47. The van der Waals surface area contributed by atoms with Gasteiger partial charge in [-0.3, -0.25) is 0 Å². The molecule has 102 valence electrons. The largest absolute Gasteiger partial charge is 0.377 e. The van der Waals surface area contributed by atoms with Crippen LogP contribution in [0.3, 0.4) is 0 Å². The molecule has 1 heterocycles. The molecule has 1 rings (SSSR count). The van der Waals surface area contributed by atoms with Crippen molar-refractivity contribution in [2.75, 3.05) is 24.8 Å². The monoisotopic (exact) mass is 283 g/mol. The van der Waals surface area contributed by atoms with E-state index in [9.17, 15) is 8.42 Å². The molecule has 2 atom stereocenters. The van der Waals surface area contributed by atoms with Crippen LogP contribution in [0.15, 0.2) is 0 Å². The molecule has 17 heavy (non-hydrogen) atoms. The van der Waals surface area contributed by atoms with Gasteiger partial charge in [0.2, 0.25) is 10.0 Å². The lowest BCUT2D eigenvalue weighted by atomic mass is 10.0. The molecule has 0 spiro atoms. The minimum absolute atomic E-state index is 0.0876. The summed E-state index contributed by atoms with van der Waals surface area (Å²) in [4.78, 5) is 0. The lowest BCUT2D eigenvalue weighted by Gasteiger charge is -2.16. The summed E-state index contributed by atoms with van der Waals surface area (Å²) in [7, 11) is -3.21. The van der Waals surface area contributed by atoms with E-state index in [0.717, 1.165) is 25.7 Å². The molecule has 0 aromatic heterocycles. The van der Waals surface area contributed by atoms with E-state index in [1.54, 1.807) is 0 Å². The number of sulfonamides is 1. The first kappa shape index (κ1) is 15.2. The Kier molecular flexibility index (Phi) is 6.77. The quantitative estimate of drug-likeness (QED) is 0.691. The normalized spacial score (nSPS) is 22.8. The first-order valence-corrected chi connectivity index (χ1v) is 8.41. The van der Waals surface area contributed by atoms with E-state index in [1.165, 1.54) is 0 Å². The van der Waals surface area contributed by atoms with Gasteiger partial charge in [-0.2, -0.15) is 0 Å². The van der Waals surface area contributed by atoms with Crippen molar-refractivity contribution in [3.8, 4) is 0 Å². The van der Waals surface area contributed by atoms with Gasteiger partial charge in [0.15, 0.2) is 0 Å². The average molecular weight is 284 g/mol. The number of nitrogens with one attached hydrogen (secondary N) is 1. The van der Waals surface area contributed by atoms with Gasteiger partial charge in [0.1, 0.15) is 0 Å². The highest BCUT2D eigenvalue weighted by atomic mass is 35.5. The van der Waals surface area contributed by atoms with Crippen molar-refractivity contribution in [3.63, 3.8) is 0 Å². The summed E-state index contributed by atoms with van der Waals surface area (Å²) >= 11 is 5.67. The number of ether oxygens (including phenoxy) is 1. The maximum atomic E-state index is 11.8. The van der Waals surface area contributed by atoms with E-state index in [0.29, 0.717) is 24.9 Å². The molecular formula is C11H22ClNO3S. The third-order valence-corrected chi connectivity index (χ3v) is 4.75. The van der Waals surface area contributed by atoms with E-state index < -0.39 is 10.0 Å². The molecular weight excluding hydrogens is 262 g/mol. The molecule has 1 saturated heterocycles. The topological polar surface area (TPSA) is 55.4 Å². The summed E-state index contributed by atoms with van der Waals surface area (Å²) in [5.74, 6) is 0.989. The Labute approximate surface area is 109 Å². The van der Waals surface area contributed by atoms with Gasteiger partial charge in [0, 0.05) is 19.0 Å². The minimum atomic E-state index is -3.21. The van der Waals surface area contributed by atoms with Crippen LogP contribution in [0.2, 0.25) is 0 Å². The molecule has 1 aliphatic heterocycles. The summed E-state index contributed by atoms with van der Waals surface area (Å²) in [6, 6.07) is 0. The van der Waals surface area contributed by atoms with Crippen molar-refractivity contribution in [1.82, 2.24) is 4.72 Å². The zero-order chi connectivity index (χ0) is 12.7. The Balaban J connectivity index is 2.32. The van der Waals surface area contributed by atoms with Gasteiger partial charge in [-0.1, -0.05) is 13.3 Å². The Morgan fingerprint density at radius 3 is 2.82 bits per heavy atom. The molecule has 2 unspecified atom stereocenters. The van der Waals surface area contributed by atoms with Crippen LogP contribution in [0.5, 0.6) is 0 Å². The van der Waals surface area contributed by atoms with Crippen molar-refractivity contribution in [3.05, 3.63) is 0 Å². The van der Waals surface area contributed by atoms with Crippen LogP contribution >= 0.6 is 11.6 Å². The Hall–Kier alpha value is 0.160. The molecule has 0 saturated carbocycles. The smallest absolute Gasteiger partial charge is 0.214 e. The fraction of sp³-hybridized carbons (Fsp3) is 1.00. The van der Waals surface area contributed by atoms with Crippen LogP contribution < -0.4 is 4.72 Å². The predicted octanol–water partition coefficient (Wildman–Crippen LogP) is 1.74. The minimum Gasteiger partial charge on any atom is -0.377 e. The van der Waals surface area contributed by atoms with E-state index in [2.05, 4.69) is 4.72 Å². The predicted molar refractivity (Wildman–Crippen MR) is 69.9 cm³/mol. The molecule has 0 aliphatic carbocycles. The van der Waals surface area contributed by atoms with E-state index >= 15 is 0 Å². The van der Waals surface area contributed by atoms with Gasteiger partial charge >= 0.3 is 0 Å². The fourth-order valence-electron chi connectivity index (χ4n) is 1.93. The Bertz CT molecular complexity index is 302. The van der Waals surface area contributed by atoms with Crippen molar-refractivity contribution >= 4 is 21.6 Å². The van der Waals surface area contributed by atoms with Gasteiger partial charge in [-0.25, -0.2) is 13.1 Å². The van der Waals surface area contributed by atoms with Crippen molar-refractivity contribution in [1.29, 1.82) is 0 Å². The third kappa shape index (κ3) is 6.04. The van der Waals surface area contributed by atoms with Crippen LogP contribution in [-0.4, -0.2) is 39.3 Å². The maximum absolute atomic E-state index is 11.8. The second-order valence-electron chi connectivity index (χ2n) is 4.52. The van der Waals surface area contributed by atoms with Crippen LogP contribution in [0.25, 0.3) is 0 Å². The van der Waals surface area contributed by atoms with Crippen molar-refractivity contribution < 1.29 is 13.2 Å². The highest BCUT2D eigenvalue weighted by Crippen LogP contribution is 2.14. The van der Waals surface area contributed by atoms with Gasteiger partial charge < -0.3 is 4.74 Å². The SMILES string of the molecule is CCC(CCCl)CNS(=O)(=O)CC1CCCO1. The highest BCUT2D eigenvalue weighted by molar-refractivity contribution is 7.89. The summed E-state index contributed by atoms with van der Waals surface area (Å²) in [5, 5.41) is 0. The van der Waals surface area contributed by atoms with E-state index in [-0.39, 0.29) is 11.9 Å². The molecule has 0 radical (unpaired) electrons. The van der Waals surface area contributed by atoms with E-state index in [4.69, 9.17) is 16.3 Å². The zero-order valence-electron chi connectivity index (χ0n) is 10.3.